The van der Waals surface area contributed by atoms with Crippen LogP contribution in [0.15, 0.2) is 103 Å². The van der Waals surface area contributed by atoms with Crippen molar-refractivity contribution in [1.82, 2.24) is 15.0 Å². The molecule has 24 nitrogen and oxygen atoms in total. The molecule has 1 heterocycles. The second kappa shape index (κ2) is 24.1. The van der Waals surface area contributed by atoms with Crippen molar-refractivity contribution >= 4 is 116 Å². The number of amides is 1. The number of benzene rings is 4. The van der Waals surface area contributed by atoms with Gasteiger partial charge in [-0.3, -0.25) is 14.9 Å². The predicted octanol–water partition coefficient (Wildman–Crippen LogP) is -7.90. The SMILES string of the molecule is CC(=O)Nc1cc(Nc2nc(Cl)nc(Nc3cc(S(=O)(=O)[O-])ccc3S(=O)(=O)[O-])n2)ccc1N=Nc1ccc(/C=C/c2ccc([N+](=O)[O-])cc2S(=O)(=O)[O-])c(S(=O)(=O)[O-])c1.[Na+].[Na+].[Na+].[Na+]. The average molecular weight is 1010 g/mol. The Kier molecular flexibility index (Phi) is 22.4. The van der Waals surface area contributed by atoms with E-state index >= 15 is 0 Å². The standard InChI is InChI=1S/C31H24ClN9O15S4.4Na/c1-16(42)33-24-12-19(34-30-36-29(32)37-31(38-30)35-25-15-22(57(45,46)47)9-11-26(25)58(48,49)50)7-10-23(24)40-39-20-6-4-17(27(13-20)59(51,52)53)2-3-18-5-8-21(41(43)44)14-28(18)60(54,55)56;;;;/h2-15H,1H3,(H,33,42)(H,45,46,47)(H,48,49,50)(H,51,52,53)(H,54,55,56)(H2,34,35,36,37,38);;;;/q;4*+1/p-4/b3-2+,40-39?;;;;. The molecule has 3 N–H and O–H groups in total. The summed E-state index contributed by atoms with van der Waals surface area (Å²) < 4.78 is 142. The molecule has 33 heteroatoms. The fourth-order valence-corrected chi connectivity index (χ4v) is 7.55. The number of anilines is 5. The summed E-state index contributed by atoms with van der Waals surface area (Å²) in [6.07, 6.45) is 1.94. The Morgan fingerprint density at radius 3 is 1.72 bits per heavy atom. The molecule has 0 saturated heterocycles. The molecule has 0 aliphatic carbocycles. The van der Waals surface area contributed by atoms with Crippen molar-refractivity contribution in [1.29, 1.82) is 0 Å². The van der Waals surface area contributed by atoms with Crippen LogP contribution in [0.25, 0.3) is 12.2 Å². The van der Waals surface area contributed by atoms with Crippen molar-refractivity contribution in [2.24, 2.45) is 10.2 Å². The van der Waals surface area contributed by atoms with Gasteiger partial charge in [0.25, 0.3) is 5.69 Å². The molecule has 0 spiro atoms. The van der Waals surface area contributed by atoms with E-state index in [-0.39, 0.29) is 158 Å². The molecular formula is C31H20ClN9Na4O15S4. The van der Waals surface area contributed by atoms with Crippen molar-refractivity contribution in [3.05, 3.63) is 99.3 Å². The maximum Gasteiger partial charge on any atom is 1.00 e. The number of rotatable bonds is 14. The second-order valence-electron chi connectivity index (χ2n) is 11.6. The summed E-state index contributed by atoms with van der Waals surface area (Å²) in [5.74, 6) is -1.45. The molecule has 5 rings (SSSR count). The molecule has 0 fully saturated rings. The Morgan fingerprint density at radius 2 is 1.19 bits per heavy atom. The normalized spacial score (nSPS) is 11.7. The first kappa shape index (κ1) is 59.6. The number of nitrogens with one attached hydrogen (secondary N) is 3. The quantitative estimate of drug-likeness (QED) is 0.0232. The van der Waals surface area contributed by atoms with Gasteiger partial charge >= 0.3 is 118 Å². The average Bonchev–Trinajstić information content (AvgIpc) is 3.11. The number of aromatic nitrogens is 3. The minimum Gasteiger partial charge on any atom is -0.744 e. The van der Waals surface area contributed by atoms with Crippen LogP contribution in [0.1, 0.15) is 18.1 Å². The molecular weight excluding hydrogens is 994 g/mol. The fourth-order valence-electron chi connectivity index (χ4n) is 4.90. The van der Waals surface area contributed by atoms with Crippen molar-refractivity contribution in [2.75, 3.05) is 16.0 Å². The third-order valence-electron chi connectivity index (χ3n) is 7.39. The second-order valence-corrected chi connectivity index (χ2v) is 17.4. The van der Waals surface area contributed by atoms with Gasteiger partial charge in [-0.1, -0.05) is 18.2 Å². The number of azo groups is 1. The molecule has 4 aromatic carbocycles. The third kappa shape index (κ3) is 16.4. The number of carbonyl (C=O) groups excluding carboxylic acids is 1. The van der Waals surface area contributed by atoms with Crippen molar-refractivity contribution in [2.45, 2.75) is 26.5 Å². The van der Waals surface area contributed by atoms with E-state index in [4.69, 9.17) is 11.6 Å². The number of nitro groups is 1. The van der Waals surface area contributed by atoms with Crippen LogP contribution < -0.4 is 134 Å². The summed E-state index contributed by atoms with van der Waals surface area (Å²) in [6, 6.07) is 11.2. The van der Waals surface area contributed by atoms with Crippen LogP contribution in [-0.2, 0) is 45.3 Å². The van der Waals surface area contributed by atoms with Crippen molar-refractivity contribution in [3.8, 4) is 0 Å². The fraction of sp³-hybridized carbons (Fsp3) is 0.0323. The summed E-state index contributed by atoms with van der Waals surface area (Å²) in [5.41, 5.74) is -2.15. The maximum atomic E-state index is 12.2. The molecule has 0 unspecified atom stereocenters. The van der Waals surface area contributed by atoms with Gasteiger partial charge < -0.3 is 34.2 Å². The van der Waals surface area contributed by atoms with E-state index in [9.17, 15) is 66.8 Å². The third-order valence-corrected chi connectivity index (χ3v) is 11.1. The topological polar surface area (TPSA) is 388 Å². The minimum atomic E-state index is -5.24. The van der Waals surface area contributed by atoms with Gasteiger partial charge in [0.1, 0.15) is 46.2 Å². The molecule has 5 aromatic rings. The number of hydrogen-bond acceptors (Lipinski definition) is 22. The Bertz CT molecular complexity index is 3140. The number of hydrogen-bond donors (Lipinski definition) is 3. The maximum absolute atomic E-state index is 12.2. The Hall–Kier alpha value is -2.37. The van der Waals surface area contributed by atoms with E-state index < -0.39 is 93.5 Å². The van der Waals surface area contributed by atoms with Crippen LogP contribution in [0.2, 0.25) is 5.28 Å². The number of nitrogens with zero attached hydrogens (tertiary/aromatic N) is 6. The molecule has 64 heavy (non-hydrogen) atoms. The molecule has 0 atom stereocenters. The number of halogens is 1. The molecule has 0 bridgehead atoms. The van der Waals surface area contributed by atoms with Gasteiger partial charge in [0, 0.05) is 24.7 Å². The first-order valence-corrected chi connectivity index (χ1v) is 21.7. The van der Waals surface area contributed by atoms with Crippen LogP contribution in [0.3, 0.4) is 0 Å². The van der Waals surface area contributed by atoms with Gasteiger partial charge in [0.2, 0.25) is 23.1 Å². The first-order chi connectivity index (χ1) is 27.8. The van der Waals surface area contributed by atoms with Gasteiger partial charge in [-0.2, -0.15) is 20.1 Å². The van der Waals surface area contributed by atoms with E-state index in [1.54, 1.807) is 0 Å². The van der Waals surface area contributed by atoms with Gasteiger partial charge in [0.05, 0.1) is 41.6 Å². The Morgan fingerprint density at radius 1 is 0.641 bits per heavy atom. The summed E-state index contributed by atoms with van der Waals surface area (Å²) in [7, 11) is -20.8. The van der Waals surface area contributed by atoms with Gasteiger partial charge in [-0.25, -0.2) is 33.7 Å². The molecule has 1 aromatic heterocycles. The number of nitro benzene ring substituents is 1. The van der Waals surface area contributed by atoms with Gasteiger partial charge in [-0.15, -0.1) is 5.11 Å². The molecule has 0 aliphatic rings. The molecule has 0 radical (unpaired) electrons. The molecule has 0 saturated carbocycles. The van der Waals surface area contributed by atoms with E-state index in [0.29, 0.717) is 24.3 Å². The van der Waals surface area contributed by atoms with E-state index in [2.05, 4.69) is 41.1 Å². The summed E-state index contributed by atoms with van der Waals surface area (Å²) in [5, 5.41) is 26.0. The van der Waals surface area contributed by atoms with E-state index in [0.717, 1.165) is 43.3 Å². The summed E-state index contributed by atoms with van der Waals surface area (Å²) >= 11 is 6.01. The number of non-ortho nitro benzene ring substituents is 1. The zero-order valence-electron chi connectivity index (χ0n) is 33.4. The Labute approximate surface area is 456 Å². The van der Waals surface area contributed by atoms with Crippen LogP contribution in [-0.4, -0.2) is 77.7 Å². The van der Waals surface area contributed by atoms with Crippen LogP contribution in [0.4, 0.5) is 46.0 Å². The zero-order valence-corrected chi connectivity index (χ0v) is 45.4. The monoisotopic (exact) mass is 1010 g/mol. The molecule has 314 valence electrons. The largest absolute Gasteiger partial charge is 1.00 e. The predicted molar refractivity (Wildman–Crippen MR) is 203 cm³/mol. The molecule has 0 aliphatic heterocycles. The van der Waals surface area contributed by atoms with E-state index in [1.807, 2.05) is 0 Å². The molecule has 1 amide bonds. The summed E-state index contributed by atoms with van der Waals surface area (Å²) in [4.78, 5) is 30.1. The van der Waals surface area contributed by atoms with Crippen LogP contribution in [0, 0.1) is 10.1 Å². The van der Waals surface area contributed by atoms with Gasteiger partial charge in [-0.05, 0) is 77.3 Å². The van der Waals surface area contributed by atoms with Crippen LogP contribution >= 0.6 is 11.6 Å². The summed E-state index contributed by atoms with van der Waals surface area (Å²) in [6.45, 7) is 1.15. The van der Waals surface area contributed by atoms with Gasteiger partial charge in [0.15, 0.2) is 0 Å². The number of carbonyl (C=O) groups is 1. The van der Waals surface area contributed by atoms with Crippen LogP contribution in [0.5, 0.6) is 0 Å². The minimum absolute atomic E-state index is 0. The van der Waals surface area contributed by atoms with E-state index in [1.165, 1.54) is 24.3 Å². The van der Waals surface area contributed by atoms with Crippen molar-refractivity contribution in [3.63, 3.8) is 0 Å². The Balaban J connectivity index is 0.00000512. The first-order valence-electron chi connectivity index (χ1n) is 15.7. The smallest absolute Gasteiger partial charge is 0.744 e. The zero-order chi connectivity index (χ0) is 44.4. The van der Waals surface area contributed by atoms with Crippen molar-refractivity contribution < 1.29 is 180 Å².